The number of carbonyl (C=O) groups is 1. The smallest absolute Gasteiger partial charge is 0.322 e. The van der Waals surface area contributed by atoms with Crippen LogP contribution in [0.1, 0.15) is 21.6 Å². The van der Waals surface area contributed by atoms with E-state index in [0.29, 0.717) is 22.7 Å². The maximum atomic E-state index is 13.8. The van der Waals surface area contributed by atoms with Gasteiger partial charge >= 0.3 is 12.4 Å². The second-order valence-corrected chi connectivity index (χ2v) is 9.47. The van der Waals surface area contributed by atoms with Gasteiger partial charge in [0.25, 0.3) is 5.91 Å². The van der Waals surface area contributed by atoms with E-state index in [4.69, 9.17) is 0 Å². The lowest BCUT2D eigenvalue weighted by molar-refractivity contribution is -0.142. The molecule has 2 heterocycles. The SMILES string of the molecule is CNS(=O)(=O)c1cccc(NC(=O)c2cnn3c(C(F)(F)F)cc(-c4ccc(C(F)(F)F)cc4)nc23)c1. The van der Waals surface area contributed by atoms with Crippen molar-refractivity contribution >= 4 is 27.3 Å². The zero-order chi connectivity index (χ0) is 27.2. The largest absolute Gasteiger partial charge is 0.433 e. The standard InChI is InChI=1S/C22H15F6N5O3S/c1-29-37(35,36)15-4-2-3-14(9-15)31-20(34)16-11-30-33-18(22(26,27)28)10-17(32-19(16)33)12-5-7-13(8-6-12)21(23,24)25/h2-11,29H,1H3,(H,31,34). The van der Waals surface area contributed by atoms with Gasteiger partial charge in [0.05, 0.1) is 22.3 Å². The monoisotopic (exact) mass is 543 g/mol. The summed E-state index contributed by atoms with van der Waals surface area (Å²) in [5, 5.41) is 6.00. The van der Waals surface area contributed by atoms with Crippen LogP contribution in [0.15, 0.2) is 65.7 Å². The van der Waals surface area contributed by atoms with Gasteiger partial charge in [-0.3, -0.25) is 4.79 Å². The number of amides is 1. The van der Waals surface area contributed by atoms with E-state index in [-0.39, 0.29) is 27.4 Å². The van der Waals surface area contributed by atoms with Crippen molar-refractivity contribution in [2.75, 3.05) is 12.4 Å². The zero-order valence-electron chi connectivity index (χ0n) is 18.5. The van der Waals surface area contributed by atoms with Gasteiger partial charge in [0.1, 0.15) is 5.56 Å². The number of aromatic nitrogens is 3. The average molecular weight is 543 g/mol. The lowest BCUT2D eigenvalue weighted by Gasteiger charge is -2.12. The van der Waals surface area contributed by atoms with E-state index >= 15 is 0 Å². The van der Waals surface area contributed by atoms with Gasteiger partial charge < -0.3 is 5.32 Å². The summed E-state index contributed by atoms with van der Waals surface area (Å²) < 4.78 is 107. The molecule has 2 aromatic carbocycles. The fraction of sp³-hybridized carbons (Fsp3) is 0.136. The summed E-state index contributed by atoms with van der Waals surface area (Å²) in [4.78, 5) is 16.8. The van der Waals surface area contributed by atoms with Crippen molar-refractivity contribution in [3.8, 4) is 11.3 Å². The highest BCUT2D eigenvalue weighted by molar-refractivity contribution is 7.89. The Labute approximate surface area is 205 Å². The highest BCUT2D eigenvalue weighted by Gasteiger charge is 2.36. The van der Waals surface area contributed by atoms with Gasteiger partial charge in [-0.25, -0.2) is 22.6 Å². The maximum Gasteiger partial charge on any atom is 0.433 e. The van der Waals surface area contributed by atoms with Gasteiger partial charge in [-0.15, -0.1) is 0 Å². The van der Waals surface area contributed by atoms with Crippen molar-refractivity contribution in [3.05, 3.63) is 77.6 Å². The van der Waals surface area contributed by atoms with E-state index in [1.807, 2.05) is 0 Å². The number of nitrogens with zero attached hydrogens (tertiary/aromatic N) is 3. The number of halogens is 6. The van der Waals surface area contributed by atoms with Crippen LogP contribution in [-0.4, -0.2) is 36.0 Å². The lowest BCUT2D eigenvalue weighted by atomic mass is 10.1. The van der Waals surface area contributed by atoms with E-state index in [0.717, 1.165) is 24.4 Å². The van der Waals surface area contributed by atoms with Crippen LogP contribution in [-0.2, 0) is 22.4 Å². The zero-order valence-corrected chi connectivity index (χ0v) is 19.3. The molecule has 37 heavy (non-hydrogen) atoms. The van der Waals surface area contributed by atoms with Crippen molar-refractivity contribution in [2.24, 2.45) is 0 Å². The number of nitrogens with one attached hydrogen (secondary N) is 2. The molecule has 1 amide bonds. The van der Waals surface area contributed by atoms with E-state index in [1.54, 1.807) is 0 Å². The Bertz CT molecular complexity index is 1600. The summed E-state index contributed by atoms with van der Waals surface area (Å²) in [5.41, 5.74) is -3.59. The molecule has 0 bridgehead atoms. The van der Waals surface area contributed by atoms with Crippen LogP contribution in [0.2, 0.25) is 0 Å². The molecule has 0 aliphatic heterocycles. The Morgan fingerprint density at radius 1 is 0.946 bits per heavy atom. The molecule has 15 heteroatoms. The topological polar surface area (TPSA) is 105 Å². The van der Waals surface area contributed by atoms with Crippen molar-refractivity contribution < 1.29 is 39.6 Å². The molecule has 2 N–H and O–H groups in total. The fourth-order valence-corrected chi connectivity index (χ4v) is 4.14. The third-order valence-corrected chi connectivity index (χ3v) is 6.60. The summed E-state index contributed by atoms with van der Waals surface area (Å²) in [5.74, 6) is -0.945. The summed E-state index contributed by atoms with van der Waals surface area (Å²) in [6.45, 7) is 0. The Hall–Kier alpha value is -3.98. The van der Waals surface area contributed by atoms with Crippen LogP contribution in [0.3, 0.4) is 0 Å². The average Bonchev–Trinajstić information content (AvgIpc) is 3.26. The van der Waals surface area contributed by atoms with Gasteiger partial charge in [0.15, 0.2) is 11.3 Å². The van der Waals surface area contributed by atoms with E-state index < -0.39 is 45.2 Å². The minimum atomic E-state index is -4.95. The number of fused-ring (bicyclic) bond motifs is 1. The van der Waals surface area contributed by atoms with Gasteiger partial charge in [0.2, 0.25) is 10.0 Å². The normalized spacial score (nSPS) is 12.6. The minimum absolute atomic E-state index is 0.0237. The summed E-state index contributed by atoms with van der Waals surface area (Å²) >= 11 is 0. The van der Waals surface area contributed by atoms with E-state index in [1.165, 1.54) is 25.2 Å². The molecular formula is C22H15F6N5O3S. The second-order valence-electron chi connectivity index (χ2n) is 7.58. The molecule has 8 nitrogen and oxygen atoms in total. The summed E-state index contributed by atoms with van der Waals surface area (Å²) in [7, 11) is -2.65. The second kappa shape index (κ2) is 9.15. The predicted octanol–water partition coefficient (Wildman–Crippen LogP) is 4.59. The first-order valence-electron chi connectivity index (χ1n) is 10.2. The molecule has 194 valence electrons. The fourth-order valence-electron chi connectivity index (χ4n) is 3.36. The van der Waals surface area contributed by atoms with Gasteiger partial charge in [-0.2, -0.15) is 31.4 Å². The summed E-state index contributed by atoms with van der Waals surface area (Å²) in [6, 6.07) is 9.05. The molecule has 2 aromatic heterocycles. The first-order chi connectivity index (χ1) is 17.2. The number of anilines is 1. The molecule has 4 rings (SSSR count). The molecule has 0 saturated carbocycles. The number of benzene rings is 2. The number of hydrogen-bond donors (Lipinski definition) is 2. The van der Waals surface area contributed by atoms with Gasteiger partial charge in [-0.05, 0) is 43.4 Å². The van der Waals surface area contributed by atoms with Crippen LogP contribution < -0.4 is 10.0 Å². The molecule has 0 atom stereocenters. The quantitative estimate of drug-likeness (QED) is 0.358. The number of sulfonamides is 1. The van der Waals surface area contributed by atoms with Crippen LogP contribution in [0.5, 0.6) is 0 Å². The Kier molecular flexibility index (Phi) is 6.45. The lowest BCUT2D eigenvalue weighted by Crippen LogP contribution is -2.19. The Morgan fingerprint density at radius 2 is 1.62 bits per heavy atom. The number of alkyl halides is 6. The molecule has 0 aliphatic rings. The van der Waals surface area contributed by atoms with E-state index in [2.05, 4.69) is 20.1 Å². The summed E-state index contributed by atoms with van der Waals surface area (Å²) in [6.07, 6.45) is -8.75. The molecular weight excluding hydrogens is 528 g/mol. The molecule has 4 aromatic rings. The van der Waals surface area contributed by atoms with E-state index in [9.17, 15) is 39.6 Å². The first-order valence-corrected chi connectivity index (χ1v) is 11.7. The Balaban J connectivity index is 1.78. The molecule has 0 fully saturated rings. The predicted molar refractivity (Wildman–Crippen MR) is 119 cm³/mol. The van der Waals surface area contributed by atoms with Gasteiger partial charge in [0, 0.05) is 11.3 Å². The van der Waals surface area contributed by atoms with Crippen LogP contribution in [0, 0.1) is 0 Å². The van der Waals surface area contributed by atoms with Crippen molar-refractivity contribution in [2.45, 2.75) is 17.2 Å². The molecule has 0 radical (unpaired) electrons. The van der Waals surface area contributed by atoms with Crippen LogP contribution >= 0.6 is 0 Å². The van der Waals surface area contributed by atoms with Gasteiger partial charge in [-0.1, -0.05) is 18.2 Å². The van der Waals surface area contributed by atoms with Crippen molar-refractivity contribution in [1.82, 2.24) is 19.3 Å². The van der Waals surface area contributed by atoms with Crippen LogP contribution in [0.25, 0.3) is 16.9 Å². The number of carbonyl (C=O) groups excluding carboxylic acids is 1. The van der Waals surface area contributed by atoms with Crippen molar-refractivity contribution in [3.63, 3.8) is 0 Å². The minimum Gasteiger partial charge on any atom is -0.322 e. The Morgan fingerprint density at radius 3 is 2.22 bits per heavy atom. The third-order valence-electron chi connectivity index (χ3n) is 5.19. The number of rotatable bonds is 5. The maximum absolute atomic E-state index is 13.8. The molecule has 0 unspecified atom stereocenters. The number of hydrogen-bond acceptors (Lipinski definition) is 5. The molecule has 0 saturated heterocycles. The highest BCUT2D eigenvalue weighted by Crippen LogP contribution is 2.34. The van der Waals surface area contributed by atoms with Crippen LogP contribution in [0.4, 0.5) is 32.0 Å². The highest BCUT2D eigenvalue weighted by atomic mass is 32.2. The molecule has 0 aliphatic carbocycles. The third kappa shape index (κ3) is 5.27. The van der Waals surface area contributed by atoms with Crippen molar-refractivity contribution in [1.29, 1.82) is 0 Å². The first kappa shape index (κ1) is 26.1. The molecule has 0 spiro atoms.